The van der Waals surface area contributed by atoms with E-state index in [1.165, 1.54) is 11.5 Å². The normalized spacial score (nSPS) is 6.09. The summed E-state index contributed by atoms with van der Waals surface area (Å²) in [4.78, 5) is 9.00. The topological polar surface area (TPSA) is 68.8 Å². The van der Waals surface area contributed by atoms with Crippen molar-refractivity contribution in [1.29, 1.82) is 0 Å². The maximum Gasteiger partial charge on any atom is 0.316 e. The van der Waals surface area contributed by atoms with Crippen molar-refractivity contribution >= 4 is 40.8 Å². The number of aliphatic carboxylic acids is 1. The highest BCUT2D eigenvalue weighted by Crippen LogP contribution is 1.93. The second-order valence-electron chi connectivity index (χ2n) is 1.30. The van der Waals surface area contributed by atoms with Gasteiger partial charge in [-0.2, -0.15) is 11.8 Å². The van der Waals surface area contributed by atoms with Gasteiger partial charge in [0.15, 0.2) is 0 Å². The van der Waals surface area contributed by atoms with Crippen LogP contribution in [0.1, 0.15) is 20.8 Å². The summed E-state index contributed by atoms with van der Waals surface area (Å²) < 4.78 is 0. The van der Waals surface area contributed by atoms with Crippen molar-refractivity contribution in [2.75, 3.05) is 11.5 Å². The molecule has 0 aliphatic carbocycles. The molecular weight excluding hydrogens is 176 g/mol. The van der Waals surface area contributed by atoms with E-state index in [9.17, 15) is 0 Å². The molecule has 0 unspecified atom stereocenters. The zero-order valence-electron chi connectivity index (χ0n) is 6.68. The third kappa shape index (κ3) is 119. The van der Waals surface area contributed by atoms with Crippen LogP contribution in [-0.4, -0.2) is 51.1 Å². The standard InChI is InChI=1S/C4H10S.C2H4O2.Mg.H2O.2H/c1-3-5-4-2;1-2(3)4;;;;/h3-4H2,1-2H3;1H3,(H,3,4);;1H2;;. The van der Waals surface area contributed by atoms with Crippen molar-refractivity contribution in [1.82, 2.24) is 0 Å². The molecule has 0 atom stereocenters. The van der Waals surface area contributed by atoms with Gasteiger partial charge >= 0.3 is 23.1 Å². The Labute approximate surface area is 88.4 Å². The van der Waals surface area contributed by atoms with E-state index in [0.29, 0.717) is 0 Å². The van der Waals surface area contributed by atoms with Crippen molar-refractivity contribution in [3.05, 3.63) is 0 Å². The molecule has 3 nitrogen and oxygen atoms in total. The number of rotatable bonds is 2. The number of hydrogen-bond acceptors (Lipinski definition) is 2. The molecule has 68 valence electrons. The predicted molar refractivity (Wildman–Crippen MR) is 54.1 cm³/mol. The fourth-order valence-corrected chi connectivity index (χ4v) is 0.612. The van der Waals surface area contributed by atoms with Crippen LogP contribution in [0.3, 0.4) is 0 Å². The molecule has 0 amide bonds. The van der Waals surface area contributed by atoms with Crippen LogP contribution in [0.5, 0.6) is 0 Å². The lowest BCUT2D eigenvalue weighted by Crippen LogP contribution is -1.78. The van der Waals surface area contributed by atoms with E-state index >= 15 is 0 Å². The molecule has 11 heavy (non-hydrogen) atoms. The highest BCUT2D eigenvalue weighted by Gasteiger charge is 1.67. The van der Waals surface area contributed by atoms with E-state index in [0.717, 1.165) is 6.92 Å². The van der Waals surface area contributed by atoms with Crippen LogP contribution in [0.15, 0.2) is 0 Å². The first-order valence-electron chi connectivity index (χ1n) is 2.92. The molecule has 0 aromatic heterocycles. The summed E-state index contributed by atoms with van der Waals surface area (Å²) in [5, 5.41) is 7.42. The van der Waals surface area contributed by atoms with E-state index in [2.05, 4.69) is 13.8 Å². The molecule has 0 saturated heterocycles. The Morgan fingerprint density at radius 3 is 1.55 bits per heavy atom. The summed E-state index contributed by atoms with van der Waals surface area (Å²) in [5.41, 5.74) is 0. The summed E-state index contributed by atoms with van der Waals surface area (Å²) in [7, 11) is 0. The first-order chi connectivity index (χ1) is 4.15. The van der Waals surface area contributed by atoms with Crippen molar-refractivity contribution < 1.29 is 15.4 Å². The first-order valence-corrected chi connectivity index (χ1v) is 4.07. The molecule has 0 saturated carbocycles. The minimum Gasteiger partial charge on any atom is -0.481 e. The Hall–Kier alpha value is 0.546. The number of carboxylic acids is 1. The number of thioether (sulfide) groups is 1. The summed E-state index contributed by atoms with van der Waals surface area (Å²) >= 11 is 1.96. The van der Waals surface area contributed by atoms with Gasteiger partial charge in [-0.15, -0.1) is 0 Å². The largest absolute Gasteiger partial charge is 0.481 e. The summed E-state index contributed by atoms with van der Waals surface area (Å²) in [6.45, 7) is 5.43. The van der Waals surface area contributed by atoms with Crippen molar-refractivity contribution in [3.8, 4) is 0 Å². The van der Waals surface area contributed by atoms with Crippen LogP contribution in [0.2, 0.25) is 0 Å². The Morgan fingerprint density at radius 2 is 1.55 bits per heavy atom. The average molecular weight is 195 g/mol. The predicted octanol–water partition coefficient (Wildman–Crippen LogP) is 0.109. The molecule has 0 aliphatic rings. The van der Waals surface area contributed by atoms with Gasteiger partial charge in [0.1, 0.15) is 0 Å². The molecule has 0 aromatic carbocycles. The van der Waals surface area contributed by atoms with E-state index in [4.69, 9.17) is 9.90 Å². The molecule has 0 heterocycles. The minimum atomic E-state index is -0.833. The maximum absolute atomic E-state index is 9.00. The smallest absolute Gasteiger partial charge is 0.316 e. The molecular formula is C6H18MgO3S. The highest BCUT2D eigenvalue weighted by atomic mass is 32.2. The molecule has 0 radical (unpaired) electrons. The van der Waals surface area contributed by atoms with E-state index in [-0.39, 0.29) is 28.5 Å². The molecule has 5 heteroatoms. The Bertz CT molecular complexity index is 64.8. The van der Waals surface area contributed by atoms with E-state index in [1.54, 1.807) is 0 Å². The zero-order chi connectivity index (χ0) is 7.70. The van der Waals surface area contributed by atoms with Gasteiger partial charge < -0.3 is 10.6 Å². The molecule has 0 spiro atoms. The van der Waals surface area contributed by atoms with Gasteiger partial charge in [-0.25, -0.2) is 0 Å². The Morgan fingerprint density at radius 1 is 1.36 bits per heavy atom. The summed E-state index contributed by atoms with van der Waals surface area (Å²) in [6.07, 6.45) is 0. The number of hydrogen-bond donors (Lipinski definition) is 1. The van der Waals surface area contributed by atoms with Gasteiger partial charge in [0.25, 0.3) is 5.97 Å². The summed E-state index contributed by atoms with van der Waals surface area (Å²) in [5.74, 6) is 1.69. The molecule has 0 aromatic rings. The van der Waals surface area contributed by atoms with Crippen molar-refractivity contribution in [2.24, 2.45) is 0 Å². The maximum atomic E-state index is 9.00. The second-order valence-corrected chi connectivity index (χ2v) is 2.86. The van der Waals surface area contributed by atoms with Crippen LogP contribution in [0.4, 0.5) is 0 Å². The minimum absolute atomic E-state index is 0. The average Bonchev–Trinajstić information content (AvgIpc) is 1.66. The fraction of sp³-hybridized carbons (Fsp3) is 0.833. The van der Waals surface area contributed by atoms with Crippen LogP contribution in [0.25, 0.3) is 0 Å². The van der Waals surface area contributed by atoms with Crippen LogP contribution >= 0.6 is 11.8 Å². The molecule has 0 rings (SSSR count). The summed E-state index contributed by atoms with van der Waals surface area (Å²) in [6, 6.07) is 0. The van der Waals surface area contributed by atoms with E-state index < -0.39 is 5.97 Å². The van der Waals surface area contributed by atoms with Gasteiger partial charge in [0.2, 0.25) is 0 Å². The van der Waals surface area contributed by atoms with Crippen molar-refractivity contribution in [3.63, 3.8) is 0 Å². The van der Waals surface area contributed by atoms with Crippen LogP contribution in [-0.2, 0) is 4.79 Å². The third-order valence-electron chi connectivity index (χ3n) is 0.408. The lowest BCUT2D eigenvalue weighted by atomic mass is 10.9. The van der Waals surface area contributed by atoms with Crippen LogP contribution in [0, 0.1) is 0 Å². The quantitative estimate of drug-likeness (QED) is 0.635. The van der Waals surface area contributed by atoms with Gasteiger partial charge in [0, 0.05) is 6.92 Å². The lowest BCUT2D eigenvalue weighted by molar-refractivity contribution is -0.134. The second kappa shape index (κ2) is 22.4. The van der Waals surface area contributed by atoms with E-state index in [1.807, 2.05) is 11.8 Å². The van der Waals surface area contributed by atoms with Gasteiger partial charge in [-0.05, 0) is 11.5 Å². The van der Waals surface area contributed by atoms with Crippen LogP contribution < -0.4 is 0 Å². The number of carboxylic acid groups (broad SMARTS) is 1. The third-order valence-corrected chi connectivity index (χ3v) is 1.22. The SMILES string of the molecule is CC(=O)O.CCSCC.O.[MgH2]. The zero-order valence-corrected chi connectivity index (χ0v) is 7.49. The van der Waals surface area contributed by atoms with Gasteiger partial charge in [-0.3, -0.25) is 4.79 Å². The van der Waals surface area contributed by atoms with Gasteiger partial charge in [-0.1, -0.05) is 13.8 Å². The lowest BCUT2D eigenvalue weighted by Gasteiger charge is -1.80. The Balaban J connectivity index is -0.0000000383. The van der Waals surface area contributed by atoms with Gasteiger partial charge in [0.05, 0.1) is 0 Å². The molecule has 0 fully saturated rings. The fourth-order valence-electron chi connectivity index (χ4n) is 0.204. The highest BCUT2D eigenvalue weighted by molar-refractivity contribution is 7.99. The molecule has 3 N–H and O–H groups in total. The van der Waals surface area contributed by atoms with Crippen molar-refractivity contribution in [2.45, 2.75) is 20.8 Å². The first kappa shape index (κ1) is 22.6. The molecule has 0 aliphatic heterocycles. The Kier molecular flexibility index (Phi) is 46.0. The molecule has 0 bridgehead atoms. The monoisotopic (exact) mass is 194 g/mol. The number of carbonyl (C=O) groups is 1.